The fourth-order valence-corrected chi connectivity index (χ4v) is 3.27. The fourth-order valence-electron chi connectivity index (χ4n) is 3.27. The number of nitrogens with two attached hydrogens (primary N) is 1. The van der Waals surface area contributed by atoms with Crippen molar-refractivity contribution < 1.29 is 9.47 Å². The van der Waals surface area contributed by atoms with Crippen molar-refractivity contribution in [1.82, 2.24) is 10.2 Å². The molecule has 0 aromatic heterocycles. The van der Waals surface area contributed by atoms with Crippen molar-refractivity contribution in [3.05, 3.63) is 35.4 Å². The van der Waals surface area contributed by atoms with Gasteiger partial charge in [-0.3, -0.25) is 4.90 Å². The molecule has 1 aliphatic heterocycles. The smallest absolute Gasteiger partial charge is 0.188 e. The Kier molecular flexibility index (Phi) is 9.45. The number of ether oxygens (including phenoxy) is 2. The first kappa shape index (κ1) is 20.7. The van der Waals surface area contributed by atoms with E-state index >= 15 is 0 Å². The highest BCUT2D eigenvalue weighted by atomic mass is 16.5. The average molecular weight is 363 g/mol. The molecule has 26 heavy (non-hydrogen) atoms. The molecule has 0 amide bonds. The van der Waals surface area contributed by atoms with Crippen LogP contribution in [0.2, 0.25) is 0 Å². The van der Waals surface area contributed by atoms with Crippen molar-refractivity contribution >= 4 is 5.96 Å². The van der Waals surface area contributed by atoms with Crippen LogP contribution in [0.15, 0.2) is 29.3 Å². The molecule has 0 bridgehead atoms. The number of aliphatic imine (C=N–C) groups is 1. The third-order valence-corrected chi connectivity index (χ3v) is 4.69. The van der Waals surface area contributed by atoms with E-state index in [0.29, 0.717) is 38.4 Å². The van der Waals surface area contributed by atoms with Gasteiger partial charge in [0.15, 0.2) is 5.96 Å². The number of hydrogen-bond acceptors (Lipinski definition) is 4. The quantitative estimate of drug-likeness (QED) is 0.358. The molecule has 2 rings (SSSR count). The number of likely N-dealkylation sites (tertiary alicyclic amines) is 1. The summed E-state index contributed by atoms with van der Waals surface area (Å²) in [6.07, 6.45) is 2.51. The zero-order valence-electron chi connectivity index (χ0n) is 16.2. The molecule has 0 spiro atoms. The van der Waals surface area contributed by atoms with Gasteiger partial charge in [0.1, 0.15) is 0 Å². The van der Waals surface area contributed by atoms with Crippen molar-refractivity contribution in [3.8, 4) is 0 Å². The molecule has 1 heterocycles. The van der Waals surface area contributed by atoms with Crippen LogP contribution in [0.25, 0.3) is 0 Å². The largest absolute Gasteiger partial charge is 0.379 e. The van der Waals surface area contributed by atoms with Gasteiger partial charge in [0.05, 0.1) is 26.4 Å². The maximum Gasteiger partial charge on any atom is 0.188 e. The Balaban J connectivity index is 1.73. The van der Waals surface area contributed by atoms with Crippen LogP contribution in [-0.2, 0) is 22.6 Å². The third kappa shape index (κ3) is 7.32. The summed E-state index contributed by atoms with van der Waals surface area (Å²) < 4.78 is 10.9. The highest BCUT2D eigenvalue weighted by Gasteiger charge is 2.22. The average Bonchev–Trinajstić information content (AvgIpc) is 3.12. The molecule has 1 saturated heterocycles. The number of hydrogen-bond donors (Lipinski definition) is 2. The summed E-state index contributed by atoms with van der Waals surface area (Å²) in [7, 11) is 0. The molecule has 1 aromatic carbocycles. The Labute approximate surface area is 157 Å². The summed E-state index contributed by atoms with van der Waals surface area (Å²) in [6.45, 7) is 10.5. The van der Waals surface area contributed by atoms with E-state index in [0.717, 1.165) is 30.8 Å². The monoisotopic (exact) mass is 362 g/mol. The minimum atomic E-state index is 0.520. The van der Waals surface area contributed by atoms with Crippen molar-refractivity contribution in [2.75, 3.05) is 39.5 Å². The molecule has 1 unspecified atom stereocenters. The van der Waals surface area contributed by atoms with Gasteiger partial charge in [-0.15, -0.1) is 0 Å². The van der Waals surface area contributed by atoms with Crippen molar-refractivity contribution in [3.63, 3.8) is 0 Å². The molecule has 0 radical (unpaired) electrons. The van der Waals surface area contributed by atoms with Gasteiger partial charge >= 0.3 is 0 Å². The van der Waals surface area contributed by atoms with Crippen LogP contribution in [0.5, 0.6) is 0 Å². The molecular weight excluding hydrogens is 328 g/mol. The Hall–Kier alpha value is -1.63. The van der Waals surface area contributed by atoms with Gasteiger partial charge in [-0.25, -0.2) is 4.99 Å². The first-order valence-electron chi connectivity index (χ1n) is 9.74. The van der Waals surface area contributed by atoms with Gasteiger partial charge in [-0.05, 0) is 44.0 Å². The van der Waals surface area contributed by atoms with Gasteiger partial charge in [0.2, 0.25) is 0 Å². The maximum absolute atomic E-state index is 6.03. The Morgan fingerprint density at radius 2 is 2.08 bits per heavy atom. The van der Waals surface area contributed by atoms with Gasteiger partial charge in [0.25, 0.3) is 0 Å². The molecule has 1 fully saturated rings. The lowest BCUT2D eigenvalue weighted by Crippen LogP contribution is -2.42. The standard InChI is InChI=1S/C20H34N4O2/c1-3-24-10-6-9-19(24)15-23-20(21)22-14-17-7-5-8-18(13-17)16-26-12-11-25-4-2/h5,7-8,13,19H,3-4,6,9-12,14-16H2,1-2H3,(H3,21,22,23). The normalized spacial score (nSPS) is 18.4. The van der Waals surface area contributed by atoms with Crippen molar-refractivity contribution in [1.29, 1.82) is 0 Å². The third-order valence-electron chi connectivity index (χ3n) is 4.69. The predicted octanol–water partition coefficient (Wildman–Crippen LogP) is 2.13. The van der Waals surface area contributed by atoms with E-state index in [1.165, 1.54) is 19.4 Å². The molecule has 3 N–H and O–H groups in total. The number of nitrogens with one attached hydrogen (secondary N) is 1. The van der Waals surface area contributed by atoms with Gasteiger partial charge < -0.3 is 20.5 Å². The Morgan fingerprint density at radius 3 is 2.88 bits per heavy atom. The Bertz CT molecular complexity index is 550. The molecule has 6 nitrogen and oxygen atoms in total. The molecule has 6 heteroatoms. The van der Waals surface area contributed by atoms with Crippen LogP contribution in [-0.4, -0.2) is 56.4 Å². The minimum absolute atomic E-state index is 0.520. The highest BCUT2D eigenvalue weighted by molar-refractivity contribution is 5.77. The Morgan fingerprint density at radius 1 is 1.27 bits per heavy atom. The first-order chi connectivity index (χ1) is 12.7. The van der Waals surface area contributed by atoms with Crippen LogP contribution in [0, 0.1) is 0 Å². The number of likely N-dealkylation sites (N-methyl/N-ethyl adjacent to an activating group) is 1. The minimum Gasteiger partial charge on any atom is -0.379 e. The zero-order valence-corrected chi connectivity index (χ0v) is 16.2. The molecule has 1 aliphatic rings. The van der Waals surface area contributed by atoms with E-state index in [2.05, 4.69) is 40.3 Å². The maximum atomic E-state index is 6.03. The molecule has 1 aromatic rings. The summed E-state index contributed by atoms with van der Waals surface area (Å²) in [5, 5.41) is 3.28. The van der Waals surface area contributed by atoms with E-state index in [1.54, 1.807) is 0 Å². The van der Waals surface area contributed by atoms with E-state index in [-0.39, 0.29) is 0 Å². The van der Waals surface area contributed by atoms with Gasteiger partial charge in [-0.2, -0.15) is 0 Å². The lowest BCUT2D eigenvalue weighted by Gasteiger charge is -2.23. The zero-order chi connectivity index (χ0) is 18.6. The molecule has 1 atom stereocenters. The second-order valence-electron chi connectivity index (χ2n) is 6.58. The van der Waals surface area contributed by atoms with Crippen molar-refractivity contribution in [2.45, 2.75) is 45.9 Å². The number of nitrogens with zero attached hydrogens (tertiary/aromatic N) is 2. The lowest BCUT2D eigenvalue weighted by molar-refractivity contribution is 0.0453. The van der Waals surface area contributed by atoms with Crippen LogP contribution in [0.3, 0.4) is 0 Å². The molecule has 146 valence electrons. The van der Waals surface area contributed by atoms with E-state index in [4.69, 9.17) is 15.2 Å². The topological polar surface area (TPSA) is 72.1 Å². The number of benzene rings is 1. The highest BCUT2D eigenvalue weighted by Crippen LogP contribution is 2.15. The predicted molar refractivity (Wildman–Crippen MR) is 106 cm³/mol. The van der Waals surface area contributed by atoms with Crippen LogP contribution in [0.4, 0.5) is 0 Å². The summed E-state index contributed by atoms with van der Waals surface area (Å²) in [5.74, 6) is 0.520. The summed E-state index contributed by atoms with van der Waals surface area (Å²) in [4.78, 5) is 6.97. The lowest BCUT2D eigenvalue weighted by atomic mass is 10.1. The summed E-state index contributed by atoms with van der Waals surface area (Å²) in [6, 6.07) is 8.86. The first-order valence-corrected chi connectivity index (χ1v) is 9.74. The van der Waals surface area contributed by atoms with E-state index in [9.17, 15) is 0 Å². The molecule has 0 aliphatic carbocycles. The van der Waals surface area contributed by atoms with Crippen LogP contribution in [0.1, 0.15) is 37.8 Å². The van der Waals surface area contributed by atoms with Gasteiger partial charge in [0, 0.05) is 19.2 Å². The summed E-state index contributed by atoms with van der Waals surface area (Å²) in [5.41, 5.74) is 8.31. The van der Waals surface area contributed by atoms with E-state index in [1.807, 2.05) is 13.0 Å². The van der Waals surface area contributed by atoms with Gasteiger partial charge in [-0.1, -0.05) is 31.2 Å². The SMILES string of the molecule is CCOCCOCc1cccc(CN=C(N)NCC2CCCN2CC)c1. The number of rotatable bonds is 11. The molecule has 0 saturated carbocycles. The van der Waals surface area contributed by atoms with Crippen LogP contribution >= 0.6 is 0 Å². The molecular formula is C20H34N4O2. The summed E-state index contributed by atoms with van der Waals surface area (Å²) >= 11 is 0. The van der Waals surface area contributed by atoms with Crippen molar-refractivity contribution in [2.24, 2.45) is 10.7 Å². The van der Waals surface area contributed by atoms with Crippen LogP contribution < -0.4 is 11.1 Å². The fraction of sp³-hybridized carbons (Fsp3) is 0.650. The second-order valence-corrected chi connectivity index (χ2v) is 6.58. The van der Waals surface area contributed by atoms with E-state index < -0.39 is 0 Å². The number of guanidine groups is 1. The second kappa shape index (κ2) is 11.9.